The Morgan fingerprint density at radius 2 is 1.82 bits per heavy atom. The molecule has 220 valence electrons. The molecule has 2 atom stereocenters. The third-order valence-corrected chi connectivity index (χ3v) is 7.37. The first-order chi connectivity index (χ1) is 18.7. The molecule has 4 rings (SSSR count). The Morgan fingerprint density at radius 3 is 2.42 bits per heavy atom. The minimum Gasteiger partial charge on any atom is -0.476 e. The summed E-state index contributed by atoms with van der Waals surface area (Å²) < 4.78 is 16.8. The van der Waals surface area contributed by atoms with Crippen LogP contribution in [0.2, 0.25) is 0 Å². The van der Waals surface area contributed by atoms with Crippen LogP contribution in [0, 0.1) is 11.8 Å². The lowest BCUT2D eigenvalue weighted by Gasteiger charge is -2.40. The molecule has 0 aromatic heterocycles. The number of fused-ring (bicyclic) bond motifs is 1. The predicted octanol–water partition coefficient (Wildman–Crippen LogP) is 3.08. The van der Waals surface area contributed by atoms with Crippen LogP contribution in [-0.4, -0.2) is 79.3 Å². The molecule has 1 aromatic carbocycles. The number of ether oxygens (including phenoxy) is 3. The number of methoxy groups -OCH3 is 1. The van der Waals surface area contributed by atoms with Gasteiger partial charge in [0, 0.05) is 45.1 Å². The van der Waals surface area contributed by atoms with Gasteiger partial charge in [0.1, 0.15) is 11.4 Å². The van der Waals surface area contributed by atoms with Crippen LogP contribution >= 0.6 is 0 Å². The average Bonchev–Trinajstić information content (AvgIpc) is 3.70. The van der Waals surface area contributed by atoms with E-state index < -0.39 is 35.0 Å². The van der Waals surface area contributed by atoms with Crippen LogP contribution in [0.1, 0.15) is 60.3 Å². The fourth-order valence-electron chi connectivity index (χ4n) is 5.30. The second kappa shape index (κ2) is 11.3. The van der Waals surface area contributed by atoms with Crippen LogP contribution in [-0.2, 0) is 23.9 Å². The highest BCUT2D eigenvalue weighted by Crippen LogP contribution is 2.43. The van der Waals surface area contributed by atoms with Gasteiger partial charge in [0.25, 0.3) is 5.91 Å². The minimum absolute atomic E-state index is 0.00641. The van der Waals surface area contributed by atoms with Crippen molar-refractivity contribution in [1.29, 1.82) is 0 Å². The van der Waals surface area contributed by atoms with Crippen LogP contribution in [0.5, 0.6) is 5.75 Å². The Balaban J connectivity index is 1.63. The van der Waals surface area contributed by atoms with Crippen molar-refractivity contribution in [1.82, 2.24) is 4.90 Å². The van der Waals surface area contributed by atoms with Gasteiger partial charge in [0.2, 0.25) is 11.8 Å². The maximum atomic E-state index is 14.1. The number of anilines is 2. The van der Waals surface area contributed by atoms with E-state index in [4.69, 9.17) is 19.9 Å². The van der Waals surface area contributed by atoms with Crippen molar-refractivity contribution in [3.05, 3.63) is 18.2 Å². The monoisotopic (exact) mass is 558 g/mol. The van der Waals surface area contributed by atoms with E-state index >= 15 is 0 Å². The molecule has 2 heterocycles. The fourth-order valence-corrected chi connectivity index (χ4v) is 5.30. The van der Waals surface area contributed by atoms with E-state index in [1.54, 1.807) is 57.6 Å². The van der Waals surface area contributed by atoms with Crippen LogP contribution in [0.25, 0.3) is 0 Å². The summed E-state index contributed by atoms with van der Waals surface area (Å²) in [6.45, 7) is 9.97. The van der Waals surface area contributed by atoms with E-state index in [-0.39, 0.29) is 37.4 Å². The first kappa shape index (κ1) is 29.6. The van der Waals surface area contributed by atoms with E-state index in [1.807, 2.05) is 12.1 Å². The van der Waals surface area contributed by atoms with Crippen LogP contribution < -0.4 is 20.3 Å². The molecule has 1 unspecified atom stereocenters. The first-order valence-corrected chi connectivity index (χ1v) is 14.0. The first-order valence-electron chi connectivity index (χ1n) is 14.0. The molecule has 0 radical (unpaired) electrons. The van der Waals surface area contributed by atoms with E-state index in [9.17, 15) is 19.2 Å². The van der Waals surface area contributed by atoms with E-state index in [1.165, 1.54) is 4.90 Å². The van der Waals surface area contributed by atoms with Crippen LogP contribution in [0.15, 0.2) is 18.2 Å². The number of likely N-dealkylation sites (tertiary alicyclic amines) is 1. The normalized spacial score (nSPS) is 22.3. The molecule has 11 nitrogen and oxygen atoms in total. The summed E-state index contributed by atoms with van der Waals surface area (Å²) in [5, 5.41) is 0. The van der Waals surface area contributed by atoms with Gasteiger partial charge in [-0.15, -0.1) is 0 Å². The molecule has 0 bridgehead atoms. The number of carbonyl (C=O) groups excluding carboxylic acids is 4. The number of hydrogen-bond donors (Lipinski definition) is 1. The standard InChI is InChI=1S/C29H42N4O7/c1-28(2,3)40-27(37)31-16-18(24(30)34)14-19(17-31)25(35)33(20-8-9-20)21-10-11-23-22(15-21)32(12-7-13-38-6)26(36)29(4,5)39-23/h10-11,15,18-20H,7-9,12-14,16-17H2,1-6H3,(H2,30,34)/t18-,19?/m0/s1. The highest BCUT2D eigenvalue weighted by Gasteiger charge is 2.45. The van der Waals surface area contributed by atoms with Gasteiger partial charge in [-0.2, -0.15) is 0 Å². The maximum Gasteiger partial charge on any atom is 0.410 e. The minimum atomic E-state index is -1.02. The third-order valence-electron chi connectivity index (χ3n) is 7.37. The lowest BCUT2D eigenvalue weighted by atomic mass is 9.87. The number of amides is 4. The van der Waals surface area contributed by atoms with Gasteiger partial charge in [-0.25, -0.2) is 4.79 Å². The summed E-state index contributed by atoms with van der Waals surface area (Å²) in [6.07, 6.45) is 1.99. The van der Waals surface area contributed by atoms with Crippen molar-refractivity contribution in [3.63, 3.8) is 0 Å². The van der Waals surface area contributed by atoms with Crippen molar-refractivity contribution < 1.29 is 33.4 Å². The number of hydrogen-bond acceptors (Lipinski definition) is 7. The van der Waals surface area contributed by atoms with Crippen molar-refractivity contribution in [2.45, 2.75) is 77.5 Å². The van der Waals surface area contributed by atoms with Gasteiger partial charge < -0.3 is 34.6 Å². The summed E-state index contributed by atoms with van der Waals surface area (Å²) >= 11 is 0. The molecule has 40 heavy (non-hydrogen) atoms. The molecular weight excluding hydrogens is 516 g/mol. The quantitative estimate of drug-likeness (QED) is 0.485. The summed E-state index contributed by atoms with van der Waals surface area (Å²) in [4.78, 5) is 57.4. The Bertz CT molecular complexity index is 1160. The molecule has 3 aliphatic rings. The lowest BCUT2D eigenvalue weighted by Crippen LogP contribution is -2.53. The van der Waals surface area contributed by atoms with Gasteiger partial charge in [0.15, 0.2) is 5.60 Å². The smallest absolute Gasteiger partial charge is 0.410 e. The van der Waals surface area contributed by atoms with Gasteiger partial charge >= 0.3 is 6.09 Å². The Morgan fingerprint density at radius 1 is 1.15 bits per heavy atom. The summed E-state index contributed by atoms with van der Waals surface area (Å²) in [5.41, 5.74) is 5.15. The number of benzene rings is 1. The zero-order chi connectivity index (χ0) is 29.4. The Kier molecular flexibility index (Phi) is 8.35. The molecule has 2 N–H and O–H groups in total. The topological polar surface area (TPSA) is 132 Å². The van der Waals surface area contributed by atoms with Gasteiger partial charge in [-0.1, -0.05) is 0 Å². The molecule has 1 saturated heterocycles. The summed E-state index contributed by atoms with van der Waals surface area (Å²) in [5.74, 6) is -1.63. The van der Waals surface area contributed by atoms with Gasteiger partial charge in [-0.05, 0) is 78.5 Å². The second-order valence-electron chi connectivity index (χ2n) is 12.4. The molecule has 1 aliphatic carbocycles. The fraction of sp³-hybridized carbons (Fsp3) is 0.655. The van der Waals surface area contributed by atoms with Crippen LogP contribution in [0.4, 0.5) is 16.2 Å². The lowest BCUT2D eigenvalue weighted by molar-refractivity contribution is -0.132. The van der Waals surface area contributed by atoms with Crippen molar-refractivity contribution in [3.8, 4) is 5.75 Å². The number of nitrogens with two attached hydrogens (primary N) is 1. The molecule has 0 spiro atoms. The SMILES string of the molecule is COCCCN1C(=O)C(C)(C)Oc2ccc(N(C(=O)C3C[C@H](C(N)=O)CN(C(=O)OC(C)(C)C)C3)C3CC3)cc21. The molecule has 4 amide bonds. The number of piperidine rings is 1. The van der Waals surface area contributed by atoms with E-state index in [0.29, 0.717) is 36.7 Å². The van der Waals surface area contributed by atoms with E-state index in [2.05, 4.69) is 0 Å². The van der Waals surface area contributed by atoms with Gasteiger partial charge in [-0.3, -0.25) is 14.4 Å². The van der Waals surface area contributed by atoms with Crippen molar-refractivity contribution >= 4 is 35.2 Å². The highest BCUT2D eigenvalue weighted by molar-refractivity contribution is 6.04. The number of carbonyl (C=O) groups is 4. The summed E-state index contributed by atoms with van der Waals surface area (Å²) in [7, 11) is 1.62. The molecular formula is C29H42N4O7. The second-order valence-corrected chi connectivity index (χ2v) is 12.4. The molecule has 1 aromatic rings. The highest BCUT2D eigenvalue weighted by atomic mass is 16.6. The number of rotatable bonds is 8. The number of nitrogens with zero attached hydrogens (tertiary/aromatic N) is 3. The Hall–Kier alpha value is -3.34. The zero-order valence-corrected chi connectivity index (χ0v) is 24.4. The number of primary amides is 1. The Labute approximate surface area is 235 Å². The molecule has 2 fully saturated rings. The van der Waals surface area contributed by atoms with Crippen molar-refractivity contribution in [2.24, 2.45) is 17.6 Å². The largest absolute Gasteiger partial charge is 0.476 e. The van der Waals surface area contributed by atoms with Gasteiger partial charge in [0.05, 0.1) is 17.5 Å². The third kappa shape index (κ3) is 6.51. The van der Waals surface area contributed by atoms with Crippen LogP contribution in [0.3, 0.4) is 0 Å². The molecule has 1 saturated carbocycles. The van der Waals surface area contributed by atoms with Crippen molar-refractivity contribution in [2.75, 3.05) is 43.2 Å². The predicted molar refractivity (Wildman–Crippen MR) is 149 cm³/mol. The average molecular weight is 559 g/mol. The zero-order valence-electron chi connectivity index (χ0n) is 24.4. The maximum absolute atomic E-state index is 14.1. The molecule has 11 heteroatoms. The summed E-state index contributed by atoms with van der Waals surface area (Å²) in [6, 6.07) is 5.44. The molecule has 2 aliphatic heterocycles. The van der Waals surface area contributed by atoms with E-state index in [0.717, 1.165) is 12.8 Å².